The molecule has 8 fully saturated rings. The predicted octanol–water partition coefficient (Wildman–Crippen LogP) is 0.890. The fraction of sp³-hybridized carbons (Fsp3) is 0.750. The summed E-state index contributed by atoms with van der Waals surface area (Å²) in [5, 5.41) is 0. The maximum atomic E-state index is 6.48. The van der Waals surface area contributed by atoms with E-state index in [1.807, 2.05) is 0 Å². The minimum Gasteiger partial charge on any atom is -1.00 e. The molecule has 0 aromatic heterocycles. The van der Waals surface area contributed by atoms with E-state index in [2.05, 4.69) is 92.4 Å². The third-order valence-corrected chi connectivity index (χ3v) is 25.7. The molecule has 0 atom stereocenters. The number of aryl methyl sites for hydroxylation is 4. The Morgan fingerprint density at radius 3 is 0.586 bits per heavy atom. The van der Waals surface area contributed by atoms with Gasteiger partial charge in [0, 0.05) is 51.9 Å². The molecule has 16 nitrogen and oxygen atoms in total. The second kappa shape index (κ2) is 61.4. The zero-order valence-corrected chi connectivity index (χ0v) is 75.4. The number of nitrogens with one attached hydrogen (secondary N) is 4. The number of ether oxygens (including phenoxy) is 8. The Bertz CT molecular complexity index is 2690. The molecule has 12 rings (SSSR count). The van der Waals surface area contributed by atoms with Crippen molar-refractivity contribution in [2.24, 2.45) is 0 Å². The van der Waals surface area contributed by atoms with Crippen molar-refractivity contribution in [2.75, 3.05) is 210 Å². The quantitative estimate of drug-likeness (QED) is 0.0473. The molecule has 0 unspecified atom stereocenters. The van der Waals surface area contributed by atoms with E-state index < -0.39 is 0 Å². The van der Waals surface area contributed by atoms with Gasteiger partial charge in [-0.25, -0.2) is 0 Å². The maximum absolute atomic E-state index is 6.48. The van der Waals surface area contributed by atoms with Crippen LogP contribution in [0.2, 0.25) is 0 Å². The van der Waals surface area contributed by atoms with Gasteiger partial charge in [-0.05, 0) is 329 Å². The lowest BCUT2D eigenvalue weighted by molar-refractivity contribution is -0.905. The zero-order valence-electron chi connectivity index (χ0n) is 72.4. The molecule has 4 N–H and O–H groups in total. The Balaban J connectivity index is 0.000000310. The highest BCUT2D eigenvalue weighted by molar-refractivity contribution is 5.46. The van der Waals surface area contributed by atoms with Crippen LogP contribution in [0.4, 0.5) is 0 Å². The summed E-state index contributed by atoms with van der Waals surface area (Å²) >= 11 is 0. The highest BCUT2D eigenvalue weighted by Crippen LogP contribution is 2.34. The van der Waals surface area contributed by atoms with Gasteiger partial charge in [-0.15, -0.1) is 0 Å². The first-order valence-electron chi connectivity index (χ1n) is 47.3. The molecule has 660 valence electrons. The van der Waals surface area contributed by atoms with Crippen LogP contribution in [-0.2, 0) is 25.7 Å². The maximum Gasteiger partial charge on any atom is 0.161 e. The summed E-state index contributed by atoms with van der Waals surface area (Å²) in [6, 6.07) is 26.8. The van der Waals surface area contributed by atoms with Gasteiger partial charge in [0.2, 0.25) is 0 Å². The van der Waals surface area contributed by atoms with Gasteiger partial charge in [0.25, 0.3) is 0 Å². The topological polar surface area (TPSA) is 105 Å². The minimum atomic E-state index is 0. The van der Waals surface area contributed by atoms with E-state index in [1.165, 1.54) is 307 Å². The summed E-state index contributed by atoms with van der Waals surface area (Å²) in [6.07, 6.45) is 50.3. The molecule has 0 bridgehead atoms. The Morgan fingerprint density at radius 1 is 0.198 bits per heavy atom. The monoisotopic (exact) mass is 1690 g/mol. The van der Waals surface area contributed by atoms with Crippen LogP contribution >= 0.6 is 0 Å². The van der Waals surface area contributed by atoms with Crippen molar-refractivity contribution in [1.82, 2.24) is 19.6 Å². The SMILES string of the molecule is [Cl-].[Cl-].[Cl-].[Cl-].c1cc(OCCCN2CCCCC2)c(OCCCN2CCCCC2)cc1CCCCc1ccc(OCCCN2CCCCC2)c(OCCCN2CCCCC2)c1.c1cc(OCCC[NH+]2CCCCC2)c(OCCC[NH+]2CCCCC2)cc1CCCCc1ccc(OCCC[NH+]2CCCCC2)c(OCCC[NH+]2CCCCC2)c1. The van der Waals surface area contributed by atoms with Crippen molar-refractivity contribution in [2.45, 2.75) is 257 Å². The molecule has 8 heterocycles. The zero-order chi connectivity index (χ0) is 76.6. The molecule has 8 aliphatic heterocycles. The third kappa shape index (κ3) is 39.5. The van der Waals surface area contributed by atoms with Crippen molar-refractivity contribution >= 4 is 0 Å². The minimum absolute atomic E-state index is 0. The molecular weight excluding hydrogens is 1530 g/mol. The van der Waals surface area contributed by atoms with E-state index in [4.69, 9.17) is 37.9 Å². The van der Waals surface area contributed by atoms with Crippen molar-refractivity contribution in [3.8, 4) is 46.0 Å². The molecular formula is C96H160Cl4N8O8. The summed E-state index contributed by atoms with van der Waals surface area (Å²) in [5.74, 6) is 7.39. The van der Waals surface area contributed by atoms with E-state index in [-0.39, 0.29) is 49.6 Å². The van der Waals surface area contributed by atoms with Crippen LogP contribution in [0, 0.1) is 0 Å². The van der Waals surface area contributed by atoms with Gasteiger partial charge in [-0.3, -0.25) is 0 Å². The van der Waals surface area contributed by atoms with Crippen LogP contribution in [0.15, 0.2) is 72.8 Å². The van der Waals surface area contributed by atoms with Gasteiger partial charge >= 0.3 is 0 Å². The van der Waals surface area contributed by atoms with Crippen molar-refractivity contribution in [3.63, 3.8) is 0 Å². The number of hydrogen-bond acceptors (Lipinski definition) is 12. The lowest BCUT2D eigenvalue weighted by atomic mass is 10.0. The van der Waals surface area contributed by atoms with Gasteiger partial charge in [0.1, 0.15) is 0 Å². The number of halogens is 4. The molecule has 0 radical (unpaired) electrons. The molecule has 0 amide bonds. The van der Waals surface area contributed by atoms with E-state index in [0.29, 0.717) is 0 Å². The van der Waals surface area contributed by atoms with Crippen LogP contribution in [0.1, 0.15) is 253 Å². The summed E-state index contributed by atoms with van der Waals surface area (Å²) in [5.41, 5.74) is 5.37. The lowest BCUT2D eigenvalue weighted by Crippen LogP contribution is -3.12. The largest absolute Gasteiger partial charge is 1.00 e. The number of quaternary nitrogens is 4. The van der Waals surface area contributed by atoms with Gasteiger partial charge in [-0.2, -0.15) is 0 Å². The molecule has 8 saturated heterocycles. The highest BCUT2D eigenvalue weighted by atomic mass is 35.5. The summed E-state index contributed by atoms with van der Waals surface area (Å²) in [4.78, 5) is 17.4. The Labute approximate surface area is 729 Å². The first-order chi connectivity index (χ1) is 55.6. The van der Waals surface area contributed by atoms with Gasteiger partial charge < -0.3 is 127 Å². The smallest absolute Gasteiger partial charge is 0.161 e. The second-order valence-corrected chi connectivity index (χ2v) is 35.0. The Morgan fingerprint density at radius 2 is 0.379 bits per heavy atom. The molecule has 0 saturated carbocycles. The third-order valence-electron chi connectivity index (χ3n) is 25.7. The van der Waals surface area contributed by atoms with Crippen LogP contribution in [-0.4, -0.2) is 230 Å². The van der Waals surface area contributed by atoms with E-state index in [0.717, 1.165) is 228 Å². The predicted molar refractivity (Wildman–Crippen MR) is 459 cm³/mol. The number of unbranched alkanes of at least 4 members (excludes halogenated alkanes) is 2. The van der Waals surface area contributed by atoms with Crippen LogP contribution in [0.25, 0.3) is 0 Å². The van der Waals surface area contributed by atoms with Crippen molar-refractivity contribution < 1.29 is 107 Å². The summed E-state index contributed by atoms with van der Waals surface area (Å²) in [7, 11) is 0. The van der Waals surface area contributed by atoms with Crippen molar-refractivity contribution in [3.05, 3.63) is 95.1 Å². The Hall–Kier alpha value is -3.88. The standard InChI is InChI=1S/2C48H78N4O4.4ClH/c2*1-7-25-49(26-8-1)33-15-37-53-45-23-21-43(41-47(45)55-39-17-35-51-29-11-3-12-30-51)19-5-6-20-44-22-24-46(54-38-16-34-50-27-9-2-10-28-50)48(42-44)56-40-18-36-52-31-13-4-14-32-52;;;;/h2*21-24,41-42H,1-20,25-40H2;4*1H. The first kappa shape index (κ1) is 99.2. The number of benzene rings is 4. The molecule has 0 aliphatic carbocycles. The molecule has 116 heavy (non-hydrogen) atoms. The fourth-order valence-electron chi connectivity index (χ4n) is 18.9. The number of piperidine rings is 8. The highest BCUT2D eigenvalue weighted by Gasteiger charge is 2.22. The van der Waals surface area contributed by atoms with E-state index in [9.17, 15) is 0 Å². The number of likely N-dealkylation sites (tertiary alicyclic amines) is 8. The molecule has 20 heteroatoms. The van der Waals surface area contributed by atoms with Gasteiger partial charge in [0.05, 0.1) is 131 Å². The van der Waals surface area contributed by atoms with Gasteiger partial charge in [-0.1, -0.05) is 49.9 Å². The average Bonchev–Trinajstić information content (AvgIpc) is 0.867. The average molecular weight is 1700 g/mol. The van der Waals surface area contributed by atoms with Crippen molar-refractivity contribution in [1.29, 1.82) is 0 Å². The molecule has 4 aromatic carbocycles. The normalized spacial score (nSPS) is 18.6. The molecule has 4 aromatic rings. The second-order valence-electron chi connectivity index (χ2n) is 35.0. The van der Waals surface area contributed by atoms with Crippen LogP contribution in [0.3, 0.4) is 0 Å². The lowest BCUT2D eigenvalue weighted by Gasteiger charge is -2.26. The number of nitrogens with zero attached hydrogens (tertiary/aromatic N) is 4. The van der Waals surface area contributed by atoms with E-state index in [1.54, 1.807) is 19.6 Å². The molecule has 0 spiro atoms. The number of rotatable bonds is 50. The van der Waals surface area contributed by atoms with Crippen LogP contribution in [0.5, 0.6) is 46.0 Å². The summed E-state index contributed by atoms with van der Waals surface area (Å²) < 4.78 is 51.4. The van der Waals surface area contributed by atoms with Crippen LogP contribution < -0.4 is 107 Å². The van der Waals surface area contributed by atoms with E-state index >= 15 is 0 Å². The molecule has 8 aliphatic rings. The number of hydrogen-bond donors (Lipinski definition) is 4. The first-order valence-corrected chi connectivity index (χ1v) is 47.3. The Kier molecular flexibility index (Phi) is 52.5. The fourth-order valence-corrected chi connectivity index (χ4v) is 18.9. The van der Waals surface area contributed by atoms with Gasteiger partial charge in [0.15, 0.2) is 46.0 Å². The summed E-state index contributed by atoms with van der Waals surface area (Å²) in [6.45, 7) is 36.0.